The Labute approximate surface area is 251 Å². The molecule has 0 radical (unpaired) electrons. The Bertz CT molecular complexity index is 1270. The monoisotopic (exact) mass is 551 g/mol. The average Bonchev–Trinajstić information content (AvgIpc) is 3.00. The second-order valence-electron chi connectivity index (χ2n) is 11.5. The first-order valence-corrected chi connectivity index (χ1v) is 16.5. The maximum absolute atomic E-state index is 5.20. The van der Waals surface area contributed by atoms with Crippen LogP contribution in [0.5, 0.6) is 0 Å². The number of unbranched alkanes of at least 4 members (excludes halogenated alkanes) is 6. The summed E-state index contributed by atoms with van der Waals surface area (Å²) in [4.78, 5) is 0. The summed E-state index contributed by atoms with van der Waals surface area (Å²) in [5.41, 5.74) is 12.2. The predicted octanol–water partition coefficient (Wildman–Crippen LogP) is 12.0. The summed E-state index contributed by atoms with van der Waals surface area (Å²) in [5, 5.41) is 5.20. The molecule has 0 amide bonds. The van der Waals surface area contributed by atoms with Crippen LogP contribution >= 0.6 is 0 Å². The van der Waals surface area contributed by atoms with Crippen LogP contribution in [0.3, 0.4) is 0 Å². The van der Waals surface area contributed by atoms with E-state index in [1.807, 2.05) is 0 Å². The summed E-state index contributed by atoms with van der Waals surface area (Å²) in [6.45, 7) is 14.5. The topological polar surface area (TPSA) is 15.4 Å². The van der Waals surface area contributed by atoms with E-state index in [4.69, 9.17) is 5.11 Å². The number of hydrogen-bond acceptors (Lipinski definition) is 1. The Hall–Kier alpha value is -3.00. The van der Waals surface area contributed by atoms with Gasteiger partial charge in [0.05, 0.1) is 0 Å². The quantitative estimate of drug-likeness (QED) is 0.0900. The summed E-state index contributed by atoms with van der Waals surface area (Å²) < 4.78 is 2.21. The maximum Gasteiger partial charge on any atom is 0.208 e. The number of allylic oxidation sites excluding steroid dienone is 1. The average molecular weight is 552 g/mol. The molecule has 0 saturated heterocycles. The summed E-state index contributed by atoms with van der Waals surface area (Å²) in [5.74, 6) is 0. The molecule has 220 valence electrons. The van der Waals surface area contributed by atoms with Crippen molar-refractivity contribution in [1.82, 2.24) is 0 Å². The molecule has 3 aromatic carbocycles. The highest BCUT2D eigenvalue weighted by Gasteiger charge is 2.15. The van der Waals surface area contributed by atoms with E-state index in [1.54, 1.807) is 0 Å². The Morgan fingerprint density at radius 2 is 1.37 bits per heavy atom. The minimum absolute atomic E-state index is 0.850. The molecule has 3 aromatic rings. The van der Waals surface area contributed by atoms with Gasteiger partial charge in [-0.3, -0.25) is 0 Å². The van der Waals surface area contributed by atoms with Gasteiger partial charge in [-0.25, -0.2) is 0 Å². The lowest BCUT2D eigenvalue weighted by Gasteiger charge is -2.13. The van der Waals surface area contributed by atoms with Crippen molar-refractivity contribution in [2.75, 3.05) is 6.54 Å². The second kappa shape index (κ2) is 17.7. The molecule has 0 saturated carbocycles. The van der Waals surface area contributed by atoms with Crippen LogP contribution in [0.15, 0.2) is 71.5 Å². The van der Waals surface area contributed by atoms with Gasteiger partial charge < -0.3 is 0 Å². The minimum Gasteiger partial charge on any atom is -0.0882 e. The largest absolute Gasteiger partial charge is 0.208 e. The fourth-order valence-corrected chi connectivity index (χ4v) is 5.84. The summed E-state index contributed by atoms with van der Waals surface area (Å²) in [6.07, 6.45) is 17.0. The van der Waals surface area contributed by atoms with Gasteiger partial charge in [-0.15, -0.1) is 0 Å². The molecule has 0 aliphatic carbocycles. The Balaban J connectivity index is 1.95. The van der Waals surface area contributed by atoms with E-state index >= 15 is 0 Å². The van der Waals surface area contributed by atoms with Crippen LogP contribution in [-0.4, -0.2) is 11.2 Å². The van der Waals surface area contributed by atoms with Gasteiger partial charge in [0.15, 0.2) is 6.54 Å². The van der Waals surface area contributed by atoms with Gasteiger partial charge >= 0.3 is 0 Å². The molecule has 41 heavy (non-hydrogen) atoms. The molecule has 3 rings (SSSR count). The maximum atomic E-state index is 5.20. The number of nitrogens with zero attached hydrogens (tertiary/aromatic N) is 2. The molecule has 0 atom stereocenters. The molecule has 0 aliphatic heterocycles. The van der Waals surface area contributed by atoms with Crippen molar-refractivity contribution in [3.05, 3.63) is 94.2 Å². The molecular formula is C39H55N2+. The van der Waals surface area contributed by atoms with Crippen molar-refractivity contribution in [3.63, 3.8) is 0 Å². The molecule has 0 aromatic heterocycles. The first kappa shape index (κ1) is 32.5. The molecule has 0 bridgehead atoms. The molecule has 0 unspecified atom stereocenters. The van der Waals surface area contributed by atoms with Crippen molar-refractivity contribution >= 4 is 11.8 Å². The molecule has 2 nitrogen and oxygen atoms in total. The first-order chi connectivity index (χ1) is 20.0. The zero-order chi connectivity index (χ0) is 29.5. The molecule has 0 aliphatic rings. The minimum atomic E-state index is 0.850. The zero-order valence-corrected chi connectivity index (χ0v) is 26.9. The fourth-order valence-electron chi connectivity index (χ4n) is 5.84. The Morgan fingerprint density at radius 1 is 0.707 bits per heavy atom. The highest BCUT2D eigenvalue weighted by molar-refractivity contribution is 5.69. The first-order valence-electron chi connectivity index (χ1n) is 16.5. The third-order valence-electron chi connectivity index (χ3n) is 8.36. The Morgan fingerprint density at radius 3 is 1.98 bits per heavy atom. The lowest BCUT2D eigenvalue weighted by atomic mass is 9.93. The van der Waals surface area contributed by atoms with Crippen molar-refractivity contribution in [3.8, 4) is 11.1 Å². The standard InChI is InChI=1S/C39H55N2/c1-7-12-14-17-23-35-28-32(27-33(9-3)31(35)6)29-38(10-4)41(11-5)40-37-25-26-39(34-21-19-16-20-22-34)36(30-37)24-18-15-13-8-2/h16,19-22,25-30H,7-15,17-18,23-24H2,1-6H3/q+1. The zero-order valence-electron chi connectivity index (χ0n) is 26.9. The Kier molecular flexibility index (Phi) is 14.1. The van der Waals surface area contributed by atoms with Crippen LogP contribution in [0.4, 0.5) is 5.69 Å². The van der Waals surface area contributed by atoms with Gasteiger partial charge in [-0.2, -0.15) is 0 Å². The van der Waals surface area contributed by atoms with Crippen LogP contribution < -0.4 is 0 Å². The molecule has 2 heteroatoms. The molecular weight excluding hydrogens is 496 g/mol. The normalized spacial score (nSPS) is 12.2. The number of azo groups is 2. The van der Waals surface area contributed by atoms with E-state index in [-0.39, 0.29) is 0 Å². The van der Waals surface area contributed by atoms with E-state index in [0.29, 0.717) is 0 Å². The molecule has 0 heterocycles. The van der Waals surface area contributed by atoms with E-state index in [2.05, 4.69) is 113 Å². The lowest BCUT2D eigenvalue weighted by Crippen LogP contribution is -2.08. The summed E-state index contributed by atoms with van der Waals surface area (Å²) in [7, 11) is 0. The van der Waals surface area contributed by atoms with Crippen molar-refractivity contribution < 1.29 is 4.70 Å². The molecule has 0 fully saturated rings. The van der Waals surface area contributed by atoms with Gasteiger partial charge in [0, 0.05) is 12.5 Å². The highest BCUT2D eigenvalue weighted by Crippen LogP contribution is 2.30. The number of benzene rings is 3. The smallest absolute Gasteiger partial charge is 0.0882 e. The van der Waals surface area contributed by atoms with Gasteiger partial charge in [-0.1, -0.05) is 119 Å². The van der Waals surface area contributed by atoms with Gasteiger partial charge in [-0.05, 0) is 102 Å². The summed E-state index contributed by atoms with van der Waals surface area (Å²) in [6, 6.07) is 22.5. The molecule has 0 N–H and O–H groups in total. The third kappa shape index (κ3) is 9.80. The van der Waals surface area contributed by atoms with E-state index in [9.17, 15) is 0 Å². The highest BCUT2D eigenvalue weighted by atomic mass is 15.3. The van der Waals surface area contributed by atoms with Crippen LogP contribution in [0, 0.1) is 6.92 Å². The van der Waals surface area contributed by atoms with Crippen molar-refractivity contribution in [2.45, 2.75) is 119 Å². The van der Waals surface area contributed by atoms with Gasteiger partial charge in [0.25, 0.3) is 0 Å². The van der Waals surface area contributed by atoms with Crippen LogP contribution in [0.2, 0.25) is 0 Å². The van der Waals surface area contributed by atoms with E-state index in [0.717, 1.165) is 31.5 Å². The lowest BCUT2D eigenvalue weighted by molar-refractivity contribution is -0.539. The van der Waals surface area contributed by atoms with E-state index in [1.165, 1.54) is 102 Å². The van der Waals surface area contributed by atoms with Crippen LogP contribution in [0.1, 0.15) is 120 Å². The number of hydrogen-bond donors (Lipinski definition) is 0. The predicted molar refractivity (Wildman–Crippen MR) is 179 cm³/mol. The fraction of sp³-hybridized carbons (Fsp3) is 0.487. The summed E-state index contributed by atoms with van der Waals surface area (Å²) >= 11 is 0. The van der Waals surface area contributed by atoms with E-state index < -0.39 is 0 Å². The van der Waals surface area contributed by atoms with Crippen molar-refractivity contribution in [1.29, 1.82) is 0 Å². The van der Waals surface area contributed by atoms with Gasteiger partial charge in [0.1, 0.15) is 5.69 Å². The number of aryl methyl sites for hydroxylation is 3. The third-order valence-corrected chi connectivity index (χ3v) is 8.36. The molecule has 0 spiro atoms. The van der Waals surface area contributed by atoms with Crippen LogP contribution in [0.25, 0.3) is 17.2 Å². The SMILES string of the molecule is CCCCCCc1cc(N=[N+](CC)C(=Cc2cc(CC)c(C)c(CCCCCC)c2)CC)ccc1-c1ccccc1. The second-order valence-corrected chi connectivity index (χ2v) is 11.5. The number of rotatable bonds is 17. The van der Waals surface area contributed by atoms with Crippen LogP contribution in [-0.2, 0) is 19.3 Å². The van der Waals surface area contributed by atoms with Crippen molar-refractivity contribution in [2.24, 2.45) is 5.11 Å². The van der Waals surface area contributed by atoms with Gasteiger partial charge in [0.2, 0.25) is 5.70 Å².